The molecule has 0 spiro atoms. The number of rotatable bonds is 0. The minimum absolute atomic E-state index is 0.0370. The zero-order chi connectivity index (χ0) is 6.97. The van der Waals surface area contributed by atoms with E-state index in [1.807, 2.05) is 11.4 Å². The summed E-state index contributed by atoms with van der Waals surface area (Å²) >= 11 is 1.53. The molecule has 0 aromatic carbocycles. The van der Waals surface area contributed by atoms with Crippen LogP contribution in [0.4, 0.5) is 10.7 Å². The second-order valence-corrected chi connectivity index (χ2v) is 2.98. The summed E-state index contributed by atoms with van der Waals surface area (Å²) in [6.45, 7) is 0.393. The Morgan fingerprint density at radius 1 is 1.60 bits per heavy atom. The standard InChI is InChI=1S/C6H6N2OS/c9-5-3-7-4-1-2-10-6(4)8-5/h1-2,7H,3H2,(H,8,9). The SMILES string of the molecule is O=C1CNc2ccsc2N1. The van der Waals surface area contributed by atoms with Gasteiger partial charge >= 0.3 is 0 Å². The number of fused-ring (bicyclic) bond motifs is 1. The molecule has 2 rings (SSSR count). The molecular weight excluding hydrogens is 148 g/mol. The van der Waals surface area contributed by atoms with Gasteiger partial charge in [0.05, 0.1) is 12.2 Å². The predicted octanol–water partition coefficient (Wildman–Crippen LogP) is 1.11. The van der Waals surface area contributed by atoms with E-state index >= 15 is 0 Å². The topological polar surface area (TPSA) is 41.1 Å². The quantitative estimate of drug-likeness (QED) is 0.587. The summed E-state index contributed by atoms with van der Waals surface area (Å²) in [5.74, 6) is 0.0370. The second-order valence-electron chi connectivity index (χ2n) is 2.07. The van der Waals surface area contributed by atoms with Crippen LogP contribution in [0.5, 0.6) is 0 Å². The third kappa shape index (κ3) is 0.769. The molecule has 0 unspecified atom stereocenters. The van der Waals surface area contributed by atoms with Gasteiger partial charge in [0.25, 0.3) is 0 Å². The third-order valence-corrected chi connectivity index (χ3v) is 2.19. The van der Waals surface area contributed by atoms with Crippen molar-refractivity contribution in [1.29, 1.82) is 0 Å². The first-order valence-electron chi connectivity index (χ1n) is 2.97. The smallest absolute Gasteiger partial charge is 0.244 e. The molecule has 4 heteroatoms. The summed E-state index contributed by atoms with van der Waals surface area (Å²) in [5.41, 5.74) is 1.03. The van der Waals surface area contributed by atoms with Gasteiger partial charge in [-0.05, 0) is 11.4 Å². The molecule has 1 aromatic heterocycles. The average molecular weight is 154 g/mol. The molecule has 0 saturated heterocycles. The van der Waals surface area contributed by atoms with Gasteiger partial charge in [0.1, 0.15) is 5.00 Å². The van der Waals surface area contributed by atoms with Crippen molar-refractivity contribution >= 4 is 27.9 Å². The van der Waals surface area contributed by atoms with Gasteiger partial charge in [-0.1, -0.05) is 0 Å². The summed E-state index contributed by atoms with van der Waals surface area (Å²) in [5, 5.41) is 8.62. The molecule has 0 bridgehead atoms. The summed E-state index contributed by atoms with van der Waals surface area (Å²) in [7, 11) is 0. The van der Waals surface area contributed by atoms with Crippen LogP contribution in [0.2, 0.25) is 0 Å². The lowest BCUT2D eigenvalue weighted by Gasteiger charge is -2.13. The van der Waals surface area contributed by atoms with Crippen molar-refractivity contribution < 1.29 is 4.79 Å². The zero-order valence-electron chi connectivity index (χ0n) is 5.18. The zero-order valence-corrected chi connectivity index (χ0v) is 5.99. The highest BCUT2D eigenvalue weighted by atomic mass is 32.1. The second kappa shape index (κ2) is 1.98. The van der Waals surface area contributed by atoms with Crippen LogP contribution < -0.4 is 10.6 Å². The number of hydrogen-bond donors (Lipinski definition) is 2. The Balaban J connectivity index is 2.39. The van der Waals surface area contributed by atoms with Gasteiger partial charge in [-0.3, -0.25) is 4.79 Å². The minimum Gasteiger partial charge on any atom is -0.374 e. The number of carbonyl (C=O) groups is 1. The van der Waals surface area contributed by atoms with Gasteiger partial charge in [0.15, 0.2) is 0 Å². The average Bonchev–Trinajstić information content (AvgIpc) is 2.33. The van der Waals surface area contributed by atoms with E-state index in [1.54, 1.807) is 0 Å². The van der Waals surface area contributed by atoms with Crippen LogP contribution in [-0.4, -0.2) is 12.5 Å². The van der Waals surface area contributed by atoms with E-state index in [9.17, 15) is 4.79 Å². The molecule has 0 aliphatic carbocycles. The Labute approximate surface area is 62.1 Å². The molecule has 2 N–H and O–H groups in total. The monoisotopic (exact) mass is 154 g/mol. The first-order valence-corrected chi connectivity index (χ1v) is 3.85. The van der Waals surface area contributed by atoms with E-state index in [2.05, 4.69) is 10.6 Å². The largest absolute Gasteiger partial charge is 0.374 e. The van der Waals surface area contributed by atoms with E-state index in [0.717, 1.165) is 10.7 Å². The number of hydrogen-bond acceptors (Lipinski definition) is 3. The highest BCUT2D eigenvalue weighted by molar-refractivity contribution is 7.15. The summed E-state index contributed by atoms with van der Waals surface area (Å²) < 4.78 is 0. The fourth-order valence-electron chi connectivity index (χ4n) is 0.892. The molecule has 10 heavy (non-hydrogen) atoms. The Kier molecular flexibility index (Phi) is 1.14. The van der Waals surface area contributed by atoms with E-state index in [4.69, 9.17) is 0 Å². The number of anilines is 2. The summed E-state index contributed by atoms with van der Waals surface area (Å²) in [4.78, 5) is 10.8. The Morgan fingerprint density at radius 3 is 3.40 bits per heavy atom. The maximum atomic E-state index is 10.8. The van der Waals surface area contributed by atoms with E-state index in [-0.39, 0.29) is 5.91 Å². The molecule has 0 saturated carbocycles. The van der Waals surface area contributed by atoms with Crippen molar-refractivity contribution in [2.75, 3.05) is 17.2 Å². The van der Waals surface area contributed by atoms with Crippen molar-refractivity contribution in [3.63, 3.8) is 0 Å². The van der Waals surface area contributed by atoms with Crippen molar-refractivity contribution in [3.05, 3.63) is 11.4 Å². The van der Waals surface area contributed by atoms with Crippen molar-refractivity contribution in [1.82, 2.24) is 0 Å². The Bertz CT molecular complexity index is 268. The van der Waals surface area contributed by atoms with Crippen LogP contribution in [0.1, 0.15) is 0 Å². The molecule has 1 aromatic rings. The molecule has 0 fully saturated rings. The van der Waals surface area contributed by atoms with E-state index in [0.29, 0.717) is 6.54 Å². The Hall–Kier alpha value is -1.03. The molecule has 1 aliphatic heterocycles. The molecular formula is C6H6N2OS. The maximum absolute atomic E-state index is 10.8. The fraction of sp³-hybridized carbons (Fsp3) is 0.167. The molecule has 1 aliphatic rings. The lowest BCUT2D eigenvalue weighted by atomic mass is 10.4. The van der Waals surface area contributed by atoms with E-state index < -0.39 is 0 Å². The maximum Gasteiger partial charge on any atom is 0.244 e. The number of nitrogens with one attached hydrogen (secondary N) is 2. The third-order valence-electron chi connectivity index (χ3n) is 1.36. The van der Waals surface area contributed by atoms with Crippen LogP contribution in [0.15, 0.2) is 11.4 Å². The predicted molar refractivity (Wildman–Crippen MR) is 41.4 cm³/mol. The van der Waals surface area contributed by atoms with Gasteiger partial charge < -0.3 is 10.6 Å². The van der Waals surface area contributed by atoms with Gasteiger partial charge in [0, 0.05) is 0 Å². The van der Waals surface area contributed by atoms with Crippen LogP contribution in [0.25, 0.3) is 0 Å². The highest BCUT2D eigenvalue weighted by Crippen LogP contribution is 2.30. The normalized spacial score (nSPS) is 15.4. The number of carbonyl (C=O) groups excluding carboxylic acids is 1. The Morgan fingerprint density at radius 2 is 2.50 bits per heavy atom. The van der Waals surface area contributed by atoms with E-state index in [1.165, 1.54) is 11.3 Å². The van der Waals surface area contributed by atoms with Crippen LogP contribution in [0.3, 0.4) is 0 Å². The number of amides is 1. The molecule has 0 radical (unpaired) electrons. The van der Waals surface area contributed by atoms with Gasteiger partial charge in [-0.25, -0.2) is 0 Å². The molecule has 2 heterocycles. The summed E-state index contributed by atoms with van der Waals surface area (Å²) in [6.07, 6.45) is 0. The first-order chi connectivity index (χ1) is 4.86. The number of thiophene rings is 1. The highest BCUT2D eigenvalue weighted by Gasteiger charge is 2.13. The van der Waals surface area contributed by atoms with Gasteiger partial charge in [0.2, 0.25) is 5.91 Å². The lowest BCUT2D eigenvalue weighted by molar-refractivity contribution is -0.114. The fourth-order valence-corrected chi connectivity index (χ4v) is 1.67. The molecule has 0 atom stereocenters. The molecule has 1 amide bonds. The van der Waals surface area contributed by atoms with Gasteiger partial charge in [-0.2, -0.15) is 0 Å². The van der Waals surface area contributed by atoms with Crippen LogP contribution >= 0.6 is 11.3 Å². The minimum atomic E-state index is 0.0370. The van der Waals surface area contributed by atoms with Crippen molar-refractivity contribution in [2.24, 2.45) is 0 Å². The van der Waals surface area contributed by atoms with Crippen molar-refractivity contribution in [2.45, 2.75) is 0 Å². The van der Waals surface area contributed by atoms with Crippen LogP contribution in [0, 0.1) is 0 Å². The van der Waals surface area contributed by atoms with Gasteiger partial charge in [-0.15, -0.1) is 11.3 Å². The molecule has 52 valence electrons. The lowest BCUT2D eigenvalue weighted by Crippen LogP contribution is -2.25. The van der Waals surface area contributed by atoms with Crippen LogP contribution in [-0.2, 0) is 4.79 Å². The first kappa shape index (κ1) is 5.73. The summed E-state index contributed by atoms with van der Waals surface area (Å²) in [6, 6.07) is 1.96. The van der Waals surface area contributed by atoms with Crippen molar-refractivity contribution in [3.8, 4) is 0 Å². The molecule has 3 nitrogen and oxygen atoms in total.